The summed E-state index contributed by atoms with van der Waals surface area (Å²) in [4.78, 5) is 19.9. The Morgan fingerprint density at radius 3 is 2.86 bits per heavy atom. The molecule has 3 aromatic rings. The molecule has 0 aliphatic heterocycles. The molecule has 0 N–H and O–H groups in total. The van der Waals surface area contributed by atoms with Crippen molar-refractivity contribution in [3.8, 4) is 0 Å². The highest BCUT2D eigenvalue weighted by atomic mass is 32.1. The molecule has 0 saturated heterocycles. The molecule has 3 heterocycles. The zero-order chi connectivity index (χ0) is 14.6. The van der Waals surface area contributed by atoms with E-state index in [1.807, 2.05) is 31.5 Å². The Bertz CT molecular complexity index is 873. The SMILES string of the molecule is Cc1nc2sc3c(c2c(=O)n1-n1cccc1)CC[C@H](C)C3. The number of rotatable bonds is 1. The van der Waals surface area contributed by atoms with E-state index in [4.69, 9.17) is 0 Å². The number of hydrogen-bond acceptors (Lipinski definition) is 3. The third-order valence-electron chi connectivity index (χ3n) is 4.29. The number of thiophene rings is 1. The molecule has 0 saturated carbocycles. The van der Waals surface area contributed by atoms with E-state index in [-0.39, 0.29) is 5.56 Å². The molecule has 4 nitrogen and oxygen atoms in total. The summed E-state index contributed by atoms with van der Waals surface area (Å²) in [5.41, 5.74) is 1.30. The Morgan fingerprint density at radius 1 is 1.33 bits per heavy atom. The molecule has 4 rings (SSSR count). The molecule has 0 aromatic carbocycles. The summed E-state index contributed by atoms with van der Waals surface area (Å²) in [5, 5.41) is 0.834. The van der Waals surface area contributed by atoms with Crippen LogP contribution in [0.25, 0.3) is 10.2 Å². The van der Waals surface area contributed by atoms with Crippen molar-refractivity contribution < 1.29 is 0 Å². The monoisotopic (exact) mass is 299 g/mol. The van der Waals surface area contributed by atoms with Crippen molar-refractivity contribution in [1.29, 1.82) is 0 Å². The normalized spacial score (nSPS) is 18.1. The summed E-state index contributed by atoms with van der Waals surface area (Å²) in [5.74, 6) is 1.44. The first-order valence-corrected chi connectivity index (χ1v) is 8.14. The van der Waals surface area contributed by atoms with Gasteiger partial charge >= 0.3 is 0 Å². The van der Waals surface area contributed by atoms with Gasteiger partial charge in [0.05, 0.1) is 5.39 Å². The fourth-order valence-electron chi connectivity index (χ4n) is 3.21. The van der Waals surface area contributed by atoms with Crippen molar-refractivity contribution >= 4 is 21.6 Å². The van der Waals surface area contributed by atoms with Crippen LogP contribution in [0.5, 0.6) is 0 Å². The highest BCUT2D eigenvalue weighted by molar-refractivity contribution is 7.18. The third kappa shape index (κ3) is 1.87. The van der Waals surface area contributed by atoms with Crippen LogP contribution in [-0.2, 0) is 12.8 Å². The quantitative estimate of drug-likeness (QED) is 0.693. The number of aromatic nitrogens is 3. The smallest absolute Gasteiger partial charge is 0.267 e. The van der Waals surface area contributed by atoms with Gasteiger partial charge in [-0.2, -0.15) is 4.68 Å². The van der Waals surface area contributed by atoms with Gasteiger partial charge in [0.15, 0.2) is 0 Å². The molecule has 0 radical (unpaired) electrons. The molecular formula is C16H17N3OS. The zero-order valence-electron chi connectivity index (χ0n) is 12.2. The van der Waals surface area contributed by atoms with E-state index < -0.39 is 0 Å². The Kier molecular flexibility index (Phi) is 2.79. The summed E-state index contributed by atoms with van der Waals surface area (Å²) in [7, 11) is 0. The van der Waals surface area contributed by atoms with Crippen molar-refractivity contribution in [3.05, 3.63) is 51.1 Å². The highest BCUT2D eigenvalue weighted by Gasteiger charge is 2.24. The second-order valence-corrected chi connectivity index (χ2v) is 6.95. The maximum atomic E-state index is 13.0. The van der Waals surface area contributed by atoms with Crippen LogP contribution in [0.4, 0.5) is 0 Å². The molecule has 108 valence electrons. The fourth-order valence-corrected chi connectivity index (χ4v) is 4.63. The van der Waals surface area contributed by atoms with Gasteiger partial charge in [0, 0.05) is 17.3 Å². The summed E-state index contributed by atoms with van der Waals surface area (Å²) < 4.78 is 3.47. The highest BCUT2D eigenvalue weighted by Crippen LogP contribution is 2.35. The van der Waals surface area contributed by atoms with Crippen LogP contribution in [0.1, 0.15) is 29.6 Å². The van der Waals surface area contributed by atoms with Crippen LogP contribution in [-0.4, -0.2) is 14.3 Å². The van der Waals surface area contributed by atoms with Gasteiger partial charge in [0.25, 0.3) is 5.56 Å². The summed E-state index contributed by atoms with van der Waals surface area (Å²) in [6.45, 7) is 4.17. The summed E-state index contributed by atoms with van der Waals surface area (Å²) >= 11 is 1.70. The summed E-state index contributed by atoms with van der Waals surface area (Å²) in [6, 6.07) is 3.84. The van der Waals surface area contributed by atoms with Crippen molar-refractivity contribution in [2.75, 3.05) is 0 Å². The lowest BCUT2D eigenvalue weighted by atomic mass is 9.89. The Balaban J connectivity index is 2.05. The zero-order valence-corrected chi connectivity index (χ0v) is 13.0. The van der Waals surface area contributed by atoms with Crippen LogP contribution < -0.4 is 5.56 Å². The Morgan fingerprint density at radius 2 is 2.10 bits per heavy atom. The van der Waals surface area contributed by atoms with Gasteiger partial charge in [-0.25, -0.2) is 4.98 Å². The van der Waals surface area contributed by atoms with Crippen LogP contribution in [0.15, 0.2) is 29.3 Å². The minimum atomic E-state index is 0.0563. The van der Waals surface area contributed by atoms with Crippen molar-refractivity contribution in [1.82, 2.24) is 14.3 Å². The number of fused-ring (bicyclic) bond motifs is 3. The van der Waals surface area contributed by atoms with Crippen LogP contribution in [0, 0.1) is 12.8 Å². The molecule has 3 aromatic heterocycles. The molecule has 21 heavy (non-hydrogen) atoms. The standard InChI is InChI=1S/C16H17N3OS/c1-10-5-6-12-13(9-10)21-15-14(12)16(20)19(11(2)17-15)18-7-3-4-8-18/h3-4,7-8,10H,5-6,9H2,1-2H3/t10-/m0/s1. The minimum absolute atomic E-state index is 0.0563. The summed E-state index contributed by atoms with van der Waals surface area (Å²) in [6.07, 6.45) is 7.00. The number of aryl methyl sites for hydroxylation is 2. The lowest BCUT2D eigenvalue weighted by Gasteiger charge is -2.17. The number of nitrogens with zero attached hydrogens (tertiary/aromatic N) is 3. The largest absolute Gasteiger partial charge is 0.281 e. The second-order valence-electron chi connectivity index (χ2n) is 5.87. The predicted molar refractivity (Wildman–Crippen MR) is 85.0 cm³/mol. The average Bonchev–Trinajstić information content (AvgIpc) is 3.05. The molecule has 5 heteroatoms. The minimum Gasteiger partial charge on any atom is -0.267 e. The van der Waals surface area contributed by atoms with E-state index in [2.05, 4.69) is 11.9 Å². The van der Waals surface area contributed by atoms with E-state index in [0.717, 1.165) is 35.3 Å². The Labute approximate surface area is 126 Å². The molecule has 0 fully saturated rings. The van der Waals surface area contributed by atoms with Crippen LogP contribution in [0.2, 0.25) is 0 Å². The van der Waals surface area contributed by atoms with Crippen molar-refractivity contribution in [3.63, 3.8) is 0 Å². The van der Waals surface area contributed by atoms with Gasteiger partial charge in [0.2, 0.25) is 0 Å². The van der Waals surface area contributed by atoms with Crippen molar-refractivity contribution in [2.24, 2.45) is 5.92 Å². The fraction of sp³-hybridized carbons (Fsp3) is 0.375. The van der Waals surface area contributed by atoms with Gasteiger partial charge in [-0.3, -0.25) is 9.47 Å². The molecule has 0 unspecified atom stereocenters. The van der Waals surface area contributed by atoms with Gasteiger partial charge < -0.3 is 0 Å². The van der Waals surface area contributed by atoms with E-state index in [0.29, 0.717) is 5.92 Å². The molecule has 1 atom stereocenters. The third-order valence-corrected chi connectivity index (χ3v) is 5.44. The topological polar surface area (TPSA) is 39.8 Å². The van der Waals surface area contributed by atoms with Gasteiger partial charge in [-0.05, 0) is 49.8 Å². The van der Waals surface area contributed by atoms with Crippen LogP contribution in [0.3, 0.4) is 0 Å². The molecule has 1 aliphatic carbocycles. The van der Waals surface area contributed by atoms with Gasteiger partial charge in [-0.15, -0.1) is 11.3 Å². The molecule has 0 spiro atoms. The van der Waals surface area contributed by atoms with E-state index >= 15 is 0 Å². The lowest BCUT2D eigenvalue weighted by molar-refractivity contribution is 0.508. The average molecular weight is 299 g/mol. The maximum absolute atomic E-state index is 13.0. The lowest BCUT2D eigenvalue weighted by Crippen LogP contribution is -2.28. The maximum Gasteiger partial charge on any atom is 0.281 e. The van der Waals surface area contributed by atoms with Crippen molar-refractivity contribution in [2.45, 2.75) is 33.1 Å². The van der Waals surface area contributed by atoms with E-state index in [1.165, 1.54) is 10.4 Å². The van der Waals surface area contributed by atoms with E-state index in [9.17, 15) is 4.79 Å². The van der Waals surface area contributed by atoms with Gasteiger partial charge in [-0.1, -0.05) is 6.92 Å². The first-order valence-electron chi connectivity index (χ1n) is 7.32. The molecule has 0 amide bonds. The molecule has 1 aliphatic rings. The Hall–Kier alpha value is -1.88. The molecular weight excluding hydrogens is 282 g/mol. The predicted octanol–water partition coefficient (Wildman–Crippen LogP) is 3.00. The van der Waals surface area contributed by atoms with E-state index in [1.54, 1.807) is 20.7 Å². The second kappa shape index (κ2) is 4.56. The first kappa shape index (κ1) is 12.8. The first-order chi connectivity index (χ1) is 10.1. The number of hydrogen-bond donors (Lipinski definition) is 0. The molecule has 0 bridgehead atoms. The van der Waals surface area contributed by atoms with Gasteiger partial charge in [0.1, 0.15) is 10.7 Å². The van der Waals surface area contributed by atoms with Crippen LogP contribution >= 0.6 is 11.3 Å².